The van der Waals surface area contributed by atoms with Gasteiger partial charge in [-0.1, -0.05) is 13.8 Å². The molecule has 1 N–H and O–H groups in total. The molecule has 0 aliphatic carbocycles. The van der Waals surface area contributed by atoms with Gasteiger partial charge in [0.1, 0.15) is 0 Å². The van der Waals surface area contributed by atoms with E-state index in [0.717, 1.165) is 17.3 Å². The molecule has 0 saturated carbocycles. The highest BCUT2D eigenvalue weighted by Gasteiger charge is 2.34. The number of nitrogens with zero attached hydrogens (tertiary/aromatic N) is 1. The Kier molecular flexibility index (Phi) is 2.75. The lowest BCUT2D eigenvalue weighted by Gasteiger charge is -2.24. The third kappa shape index (κ3) is 2.33. The van der Waals surface area contributed by atoms with Gasteiger partial charge in [-0.15, -0.1) is 0 Å². The highest BCUT2D eigenvalue weighted by molar-refractivity contribution is 9.10. The van der Waals surface area contributed by atoms with Gasteiger partial charge in [0.25, 0.3) is 0 Å². The van der Waals surface area contributed by atoms with E-state index in [2.05, 4.69) is 47.8 Å². The molecule has 1 unspecified atom stereocenters. The van der Waals surface area contributed by atoms with E-state index in [-0.39, 0.29) is 0 Å². The predicted molar refractivity (Wildman–Crippen MR) is 67.5 cm³/mol. The van der Waals surface area contributed by atoms with Gasteiger partial charge in [-0.2, -0.15) is 0 Å². The fourth-order valence-electron chi connectivity index (χ4n) is 2.32. The number of aliphatic imine (C=N–C) groups is 1. The summed E-state index contributed by atoms with van der Waals surface area (Å²) in [6.45, 7) is 6.73. The van der Waals surface area contributed by atoms with Gasteiger partial charge < -0.3 is 4.98 Å². The van der Waals surface area contributed by atoms with Crippen molar-refractivity contribution in [2.24, 2.45) is 10.4 Å². The Morgan fingerprint density at radius 3 is 2.80 bits per heavy atom. The molecule has 1 aromatic heterocycles. The van der Waals surface area contributed by atoms with Gasteiger partial charge in [0.05, 0.1) is 6.04 Å². The zero-order chi connectivity index (χ0) is 11.1. The molecular formula is C12H17BrN2. The molecular weight excluding hydrogens is 252 g/mol. The first-order valence-corrected chi connectivity index (χ1v) is 6.13. The van der Waals surface area contributed by atoms with Crippen LogP contribution in [0.15, 0.2) is 21.7 Å². The van der Waals surface area contributed by atoms with Gasteiger partial charge in [-0.3, -0.25) is 4.99 Å². The van der Waals surface area contributed by atoms with Crippen molar-refractivity contribution in [2.45, 2.75) is 39.7 Å². The van der Waals surface area contributed by atoms with Crippen molar-refractivity contribution in [3.8, 4) is 0 Å². The van der Waals surface area contributed by atoms with Crippen molar-refractivity contribution in [2.75, 3.05) is 0 Å². The predicted octanol–water partition coefficient (Wildman–Crippen LogP) is 3.58. The third-order valence-corrected chi connectivity index (χ3v) is 3.57. The molecule has 2 rings (SSSR count). The third-order valence-electron chi connectivity index (χ3n) is 3.11. The largest absolute Gasteiger partial charge is 0.364 e. The Bertz CT molecular complexity index is 390. The lowest BCUT2D eigenvalue weighted by molar-refractivity contribution is 0.320. The van der Waals surface area contributed by atoms with Gasteiger partial charge in [0, 0.05) is 28.5 Å². The van der Waals surface area contributed by atoms with Crippen molar-refractivity contribution in [3.05, 3.63) is 22.4 Å². The Balaban J connectivity index is 2.12. The lowest BCUT2D eigenvalue weighted by Crippen LogP contribution is -2.25. The van der Waals surface area contributed by atoms with Crippen molar-refractivity contribution in [3.63, 3.8) is 0 Å². The van der Waals surface area contributed by atoms with E-state index >= 15 is 0 Å². The number of aromatic amines is 1. The average molecular weight is 269 g/mol. The smallest absolute Gasteiger partial charge is 0.0607 e. The summed E-state index contributed by atoms with van der Waals surface area (Å²) in [5.41, 5.74) is 2.86. The summed E-state index contributed by atoms with van der Waals surface area (Å²) >= 11 is 3.45. The second kappa shape index (κ2) is 3.78. The summed E-state index contributed by atoms with van der Waals surface area (Å²) in [4.78, 5) is 8.00. The summed E-state index contributed by atoms with van der Waals surface area (Å²) < 4.78 is 1.12. The number of hydrogen-bond donors (Lipinski definition) is 1. The van der Waals surface area contributed by atoms with E-state index in [1.165, 1.54) is 11.4 Å². The van der Waals surface area contributed by atoms with Crippen molar-refractivity contribution < 1.29 is 0 Å². The van der Waals surface area contributed by atoms with E-state index in [0.29, 0.717) is 11.5 Å². The van der Waals surface area contributed by atoms with E-state index in [4.69, 9.17) is 4.99 Å². The monoisotopic (exact) mass is 268 g/mol. The molecule has 0 bridgehead atoms. The number of aromatic nitrogens is 1. The van der Waals surface area contributed by atoms with Crippen LogP contribution < -0.4 is 0 Å². The second-order valence-electron chi connectivity index (χ2n) is 5.09. The molecule has 1 aliphatic heterocycles. The van der Waals surface area contributed by atoms with Crippen LogP contribution in [-0.2, 0) is 6.42 Å². The minimum Gasteiger partial charge on any atom is -0.364 e. The molecule has 2 nitrogen and oxygen atoms in total. The summed E-state index contributed by atoms with van der Waals surface area (Å²) in [5.74, 6) is 0. The number of nitrogens with one attached hydrogen (secondary N) is 1. The van der Waals surface area contributed by atoms with Gasteiger partial charge in [0.15, 0.2) is 0 Å². The normalized spacial score (nSPS) is 24.3. The molecule has 0 fully saturated rings. The van der Waals surface area contributed by atoms with Crippen LogP contribution >= 0.6 is 15.9 Å². The van der Waals surface area contributed by atoms with Crippen LogP contribution in [0.25, 0.3) is 0 Å². The maximum absolute atomic E-state index is 4.73. The minimum atomic E-state index is 0.307. The fraction of sp³-hybridized carbons (Fsp3) is 0.583. The lowest BCUT2D eigenvalue weighted by atomic mass is 9.81. The zero-order valence-corrected chi connectivity index (χ0v) is 11.1. The van der Waals surface area contributed by atoms with Crippen LogP contribution in [0, 0.1) is 5.41 Å². The van der Waals surface area contributed by atoms with Gasteiger partial charge in [-0.05, 0) is 40.8 Å². The highest BCUT2D eigenvalue weighted by Crippen LogP contribution is 2.35. The topological polar surface area (TPSA) is 28.1 Å². The van der Waals surface area contributed by atoms with E-state index in [1.54, 1.807) is 0 Å². The van der Waals surface area contributed by atoms with Crippen molar-refractivity contribution in [1.82, 2.24) is 4.98 Å². The van der Waals surface area contributed by atoms with E-state index in [1.807, 2.05) is 6.20 Å². The molecule has 1 aliphatic rings. The molecule has 82 valence electrons. The number of hydrogen-bond acceptors (Lipinski definition) is 1. The maximum Gasteiger partial charge on any atom is 0.0607 e. The fourth-order valence-corrected chi connectivity index (χ4v) is 2.71. The molecule has 1 atom stereocenters. The number of halogens is 1. The first-order chi connectivity index (χ1) is 6.97. The summed E-state index contributed by atoms with van der Waals surface area (Å²) in [5, 5.41) is 0. The SMILES string of the molecule is CC1=NC(Cc2cc(Br)c[nH]2)C(C)(C)C1. The van der Waals surface area contributed by atoms with Crippen molar-refractivity contribution in [1.29, 1.82) is 0 Å². The van der Waals surface area contributed by atoms with Crippen LogP contribution in [0.3, 0.4) is 0 Å². The quantitative estimate of drug-likeness (QED) is 0.850. The molecule has 0 saturated heterocycles. The van der Waals surface area contributed by atoms with Crippen LogP contribution in [0.4, 0.5) is 0 Å². The first kappa shape index (κ1) is 10.9. The maximum atomic E-state index is 4.73. The summed E-state index contributed by atoms with van der Waals surface area (Å²) in [6.07, 6.45) is 4.11. The Labute approximate surface area is 99.3 Å². The average Bonchev–Trinajstić information content (AvgIpc) is 2.58. The molecule has 0 aromatic carbocycles. The first-order valence-electron chi connectivity index (χ1n) is 5.33. The molecule has 0 amide bonds. The Hall–Kier alpha value is -0.570. The molecule has 3 heteroatoms. The highest BCUT2D eigenvalue weighted by atomic mass is 79.9. The van der Waals surface area contributed by atoms with E-state index < -0.39 is 0 Å². The number of H-pyrrole nitrogens is 1. The Morgan fingerprint density at radius 1 is 1.60 bits per heavy atom. The zero-order valence-electron chi connectivity index (χ0n) is 9.47. The van der Waals surface area contributed by atoms with Gasteiger partial charge in [-0.25, -0.2) is 0 Å². The molecule has 1 aromatic rings. The Morgan fingerprint density at radius 2 is 2.33 bits per heavy atom. The van der Waals surface area contributed by atoms with Crippen LogP contribution in [0.5, 0.6) is 0 Å². The molecule has 15 heavy (non-hydrogen) atoms. The van der Waals surface area contributed by atoms with Crippen molar-refractivity contribution >= 4 is 21.6 Å². The van der Waals surface area contributed by atoms with Gasteiger partial charge >= 0.3 is 0 Å². The summed E-state index contributed by atoms with van der Waals surface area (Å²) in [6, 6.07) is 2.56. The van der Waals surface area contributed by atoms with Gasteiger partial charge in [0.2, 0.25) is 0 Å². The van der Waals surface area contributed by atoms with Crippen LogP contribution in [0.2, 0.25) is 0 Å². The molecule has 0 radical (unpaired) electrons. The number of rotatable bonds is 2. The standard InChI is InChI=1S/C12H17BrN2/c1-8-6-12(2,3)11(15-8)5-10-4-9(13)7-14-10/h4,7,11,14H,5-6H2,1-3H3. The minimum absolute atomic E-state index is 0.307. The molecule has 2 heterocycles. The van der Waals surface area contributed by atoms with E-state index in [9.17, 15) is 0 Å². The molecule has 0 spiro atoms. The van der Waals surface area contributed by atoms with Crippen LogP contribution in [0.1, 0.15) is 32.9 Å². The summed E-state index contributed by atoms with van der Waals surface area (Å²) in [7, 11) is 0. The second-order valence-corrected chi connectivity index (χ2v) is 6.01. The van der Waals surface area contributed by atoms with Crippen LogP contribution in [-0.4, -0.2) is 16.7 Å².